The lowest BCUT2D eigenvalue weighted by atomic mass is 10.1. The van der Waals surface area contributed by atoms with Gasteiger partial charge in [-0.3, -0.25) is 0 Å². The highest BCUT2D eigenvalue weighted by atomic mass is 16.5. The minimum Gasteiger partial charge on any atom is -0.496 e. The van der Waals surface area contributed by atoms with E-state index in [1.165, 1.54) is 0 Å². The Morgan fingerprint density at radius 2 is 1.82 bits per heavy atom. The van der Waals surface area contributed by atoms with Gasteiger partial charge in [-0.15, -0.1) is 0 Å². The van der Waals surface area contributed by atoms with E-state index in [0.717, 1.165) is 33.1 Å². The molecule has 0 unspecified atom stereocenters. The first-order valence-electron chi connectivity index (χ1n) is 5.64. The van der Waals surface area contributed by atoms with Crippen molar-refractivity contribution in [1.29, 1.82) is 0 Å². The number of hydrogen-bond acceptors (Lipinski definition) is 2. The highest BCUT2D eigenvalue weighted by Gasteiger charge is 2.17. The summed E-state index contributed by atoms with van der Waals surface area (Å²) in [6.07, 6.45) is 3.95. The average molecular weight is 222 g/mol. The SMILES string of the molecule is C1=c2ccc3c(c2CO1)Oc1ccccc1C=3. The zero-order valence-corrected chi connectivity index (χ0v) is 9.14. The summed E-state index contributed by atoms with van der Waals surface area (Å²) in [6, 6.07) is 12.2. The first kappa shape index (κ1) is 8.88. The molecular weight excluding hydrogens is 212 g/mol. The van der Waals surface area contributed by atoms with Gasteiger partial charge in [-0.1, -0.05) is 30.3 Å². The lowest BCUT2D eigenvalue weighted by molar-refractivity contribution is 0.292. The quantitative estimate of drug-likeness (QED) is 0.578. The zero-order chi connectivity index (χ0) is 11.2. The molecule has 2 heteroatoms. The molecule has 0 atom stereocenters. The Hall–Kier alpha value is -2.22. The van der Waals surface area contributed by atoms with Gasteiger partial charge in [0.2, 0.25) is 0 Å². The summed E-state index contributed by atoms with van der Waals surface area (Å²) in [4.78, 5) is 0. The predicted octanol–water partition coefficient (Wildman–Crippen LogP) is 1.89. The van der Waals surface area contributed by atoms with E-state index in [0.29, 0.717) is 6.61 Å². The Morgan fingerprint density at radius 3 is 2.82 bits per heavy atom. The summed E-state index contributed by atoms with van der Waals surface area (Å²) in [5.41, 5.74) is 2.27. The van der Waals surface area contributed by atoms with Crippen LogP contribution in [0.1, 0.15) is 11.1 Å². The van der Waals surface area contributed by atoms with Crippen molar-refractivity contribution >= 4 is 12.3 Å². The lowest BCUT2D eigenvalue weighted by Gasteiger charge is -2.16. The second-order valence-electron chi connectivity index (χ2n) is 4.26. The fourth-order valence-electron chi connectivity index (χ4n) is 2.34. The van der Waals surface area contributed by atoms with Gasteiger partial charge < -0.3 is 9.47 Å². The van der Waals surface area contributed by atoms with Gasteiger partial charge in [0.25, 0.3) is 0 Å². The van der Waals surface area contributed by atoms with Crippen LogP contribution in [0.4, 0.5) is 0 Å². The van der Waals surface area contributed by atoms with Gasteiger partial charge in [-0.05, 0) is 12.1 Å². The maximum absolute atomic E-state index is 5.99. The Balaban J connectivity index is 2.06. The van der Waals surface area contributed by atoms with Crippen molar-refractivity contribution in [2.45, 2.75) is 6.61 Å². The number of fused-ring (bicyclic) bond motifs is 4. The number of hydrogen-bond donors (Lipinski definition) is 0. The van der Waals surface area contributed by atoms with Crippen LogP contribution in [0.2, 0.25) is 0 Å². The van der Waals surface area contributed by atoms with Crippen molar-refractivity contribution in [1.82, 2.24) is 0 Å². The maximum atomic E-state index is 5.99. The van der Waals surface area contributed by atoms with Gasteiger partial charge in [0.05, 0.1) is 6.26 Å². The Labute approximate surface area is 98.4 Å². The van der Waals surface area contributed by atoms with E-state index in [9.17, 15) is 0 Å². The zero-order valence-electron chi connectivity index (χ0n) is 9.14. The third-order valence-corrected chi connectivity index (χ3v) is 3.21. The van der Waals surface area contributed by atoms with Gasteiger partial charge >= 0.3 is 0 Å². The molecule has 0 spiro atoms. The molecule has 0 aromatic heterocycles. The molecule has 4 rings (SSSR count). The summed E-state index contributed by atoms with van der Waals surface area (Å²) in [6.45, 7) is 0.606. The molecule has 2 nitrogen and oxygen atoms in total. The molecule has 0 N–H and O–H groups in total. The first-order chi connectivity index (χ1) is 8.42. The molecule has 2 aliphatic rings. The molecule has 2 heterocycles. The summed E-state index contributed by atoms with van der Waals surface area (Å²) in [7, 11) is 0. The smallest absolute Gasteiger partial charge is 0.142 e. The lowest BCUT2D eigenvalue weighted by Crippen LogP contribution is -2.18. The van der Waals surface area contributed by atoms with Crippen LogP contribution in [0, 0.1) is 0 Å². The summed E-state index contributed by atoms with van der Waals surface area (Å²) >= 11 is 0. The molecule has 0 amide bonds. The molecule has 0 saturated carbocycles. The second kappa shape index (κ2) is 3.14. The fraction of sp³-hybridized carbons (Fsp3) is 0.0667. The Kier molecular flexibility index (Phi) is 1.64. The molecule has 82 valence electrons. The summed E-state index contributed by atoms with van der Waals surface area (Å²) in [5.74, 6) is 1.86. The predicted molar refractivity (Wildman–Crippen MR) is 65.0 cm³/mol. The normalized spacial score (nSPS) is 14.4. The highest BCUT2D eigenvalue weighted by molar-refractivity contribution is 5.64. The van der Waals surface area contributed by atoms with E-state index < -0.39 is 0 Å². The van der Waals surface area contributed by atoms with Crippen LogP contribution < -0.4 is 15.2 Å². The van der Waals surface area contributed by atoms with E-state index in [4.69, 9.17) is 9.47 Å². The van der Waals surface area contributed by atoms with Gasteiger partial charge in [-0.25, -0.2) is 0 Å². The largest absolute Gasteiger partial charge is 0.496 e. The monoisotopic (exact) mass is 222 g/mol. The summed E-state index contributed by atoms with van der Waals surface area (Å²) in [5, 5.41) is 2.25. The molecule has 0 radical (unpaired) electrons. The van der Waals surface area contributed by atoms with E-state index in [-0.39, 0.29) is 0 Å². The topological polar surface area (TPSA) is 18.5 Å². The van der Waals surface area contributed by atoms with Crippen LogP contribution in [-0.2, 0) is 11.3 Å². The van der Waals surface area contributed by atoms with Gasteiger partial charge in [-0.2, -0.15) is 0 Å². The van der Waals surface area contributed by atoms with Crippen LogP contribution in [0.5, 0.6) is 11.5 Å². The first-order valence-corrected chi connectivity index (χ1v) is 5.64. The van der Waals surface area contributed by atoms with Crippen molar-refractivity contribution in [2.24, 2.45) is 0 Å². The van der Waals surface area contributed by atoms with Gasteiger partial charge in [0, 0.05) is 21.6 Å². The number of rotatable bonds is 0. The number of benzene rings is 2. The molecule has 0 fully saturated rings. The standard InChI is InChI=1S/C15H10O2/c1-2-4-14-10(3-1)7-11-5-6-12-8-16-9-13(12)15(11)17-14/h1-8H,9H2. The van der Waals surface area contributed by atoms with E-state index in [1.807, 2.05) is 18.2 Å². The Morgan fingerprint density at radius 1 is 0.941 bits per heavy atom. The minimum absolute atomic E-state index is 0.606. The fourth-order valence-corrected chi connectivity index (χ4v) is 2.34. The van der Waals surface area contributed by atoms with Crippen LogP contribution in [0.3, 0.4) is 0 Å². The van der Waals surface area contributed by atoms with Crippen molar-refractivity contribution in [2.75, 3.05) is 0 Å². The molecular formula is C15H10O2. The van der Waals surface area contributed by atoms with E-state index >= 15 is 0 Å². The van der Waals surface area contributed by atoms with Crippen LogP contribution in [-0.4, -0.2) is 0 Å². The van der Waals surface area contributed by atoms with Crippen LogP contribution in [0.15, 0.2) is 36.4 Å². The van der Waals surface area contributed by atoms with Crippen molar-refractivity contribution in [3.63, 3.8) is 0 Å². The van der Waals surface area contributed by atoms with Gasteiger partial charge in [0.1, 0.15) is 18.1 Å². The molecule has 2 aromatic carbocycles. The number of ether oxygens (including phenoxy) is 2. The molecule has 17 heavy (non-hydrogen) atoms. The van der Waals surface area contributed by atoms with Crippen LogP contribution >= 0.6 is 0 Å². The third-order valence-electron chi connectivity index (χ3n) is 3.21. The van der Waals surface area contributed by atoms with Crippen molar-refractivity contribution in [3.8, 4) is 11.5 Å². The third kappa shape index (κ3) is 1.21. The van der Waals surface area contributed by atoms with Crippen molar-refractivity contribution in [3.05, 3.63) is 58.0 Å². The highest BCUT2D eigenvalue weighted by Crippen LogP contribution is 2.29. The molecule has 0 aliphatic carbocycles. The molecule has 2 aliphatic heterocycles. The second-order valence-corrected chi connectivity index (χ2v) is 4.26. The van der Waals surface area contributed by atoms with Crippen LogP contribution in [0.25, 0.3) is 12.3 Å². The van der Waals surface area contributed by atoms with Crippen molar-refractivity contribution < 1.29 is 9.47 Å². The molecule has 0 bridgehead atoms. The van der Waals surface area contributed by atoms with E-state index in [2.05, 4.69) is 24.3 Å². The maximum Gasteiger partial charge on any atom is 0.142 e. The van der Waals surface area contributed by atoms with E-state index in [1.54, 1.807) is 6.26 Å². The minimum atomic E-state index is 0.606. The molecule has 0 saturated heterocycles. The summed E-state index contributed by atoms with van der Waals surface area (Å²) < 4.78 is 11.3. The van der Waals surface area contributed by atoms with Gasteiger partial charge in [0.15, 0.2) is 0 Å². The average Bonchev–Trinajstić information content (AvgIpc) is 2.85. The molecule has 2 aromatic rings. The Bertz CT molecular complexity index is 729. The number of para-hydroxylation sites is 1.